The molecular formula is C14H21NO3. The summed E-state index contributed by atoms with van der Waals surface area (Å²) >= 11 is 0. The van der Waals surface area contributed by atoms with E-state index < -0.39 is 17.8 Å². The Morgan fingerprint density at radius 1 is 1.28 bits per heavy atom. The predicted octanol–water partition coefficient (Wildman–Crippen LogP) is 1.96. The summed E-state index contributed by atoms with van der Waals surface area (Å²) in [5.74, 6) is -1.92. The first kappa shape index (κ1) is 13.1. The van der Waals surface area contributed by atoms with Gasteiger partial charge in [0.15, 0.2) is 0 Å². The maximum Gasteiger partial charge on any atom is 0.307 e. The highest BCUT2D eigenvalue weighted by Gasteiger charge is 2.42. The van der Waals surface area contributed by atoms with Crippen LogP contribution in [0.3, 0.4) is 0 Å². The van der Waals surface area contributed by atoms with Crippen molar-refractivity contribution in [3.63, 3.8) is 0 Å². The number of hydrogen-bond acceptors (Lipinski definition) is 2. The topological polar surface area (TPSA) is 66.4 Å². The van der Waals surface area contributed by atoms with E-state index in [1.807, 2.05) is 12.2 Å². The Bertz CT molecular complexity index is 371. The molecule has 1 fully saturated rings. The minimum atomic E-state index is -0.865. The predicted molar refractivity (Wildman–Crippen MR) is 68.0 cm³/mol. The van der Waals surface area contributed by atoms with Crippen molar-refractivity contribution in [1.29, 1.82) is 0 Å². The zero-order chi connectivity index (χ0) is 13.2. The first-order chi connectivity index (χ1) is 8.58. The molecule has 2 aliphatic rings. The lowest BCUT2D eigenvalue weighted by Crippen LogP contribution is -2.40. The Kier molecular flexibility index (Phi) is 3.73. The fraction of sp³-hybridized carbons (Fsp3) is 0.714. The number of hydrogen-bond donors (Lipinski definition) is 2. The normalized spacial score (nSPS) is 28.7. The van der Waals surface area contributed by atoms with Crippen molar-refractivity contribution >= 4 is 11.9 Å². The molecule has 0 bridgehead atoms. The smallest absolute Gasteiger partial charge is 0.307 e. The molecule has 100 valence electrons. The van der Waals surface area contributed by atoms with Gasteiger partial charge >= 0.3 is 5.97 Å². The van der Waals surface area contributed by atoms with Crippen LogP contribution in [0.25, 0.3) is 0 Å². The number of carboxylic acid groups (broad SMARTS) is 1. The van der Waals surface area contributed by atoms with Crippen LogP contribution >= 0.6 is 0 Å². The van der Waals surface area contributed by atoms with E-state index in [0.717, 1.165) is 6.42 Å². The van der Waals surface area contributed by atoms with Crippen LogP contribution in [0.4, 0.5) is 0 Å². The Labute approximate surface area is 107 Å². The summed E-state index contributed by atoms with van der Waals surface area (Å²) in [6.45, 7) is 2.84. The molecule has 0 aromatic heterocycles. The maximum absolute atomic E-state index is 12.1. The van der Waals surface area contributed by atoms with Gasteiger partial charge in [0.05, 0.1) is 11.8 Å². The highest BCUT2D eigenvalue weighted by molar-refractivity contribution is 5.85. The first-order valence-corrected chi connectivity index (χ1v) is 6.73. The molecule has 2 rings (SSSR count). The molecule has 0 aromatic carbocycles. The van der Waals surface area contributed by atoms with Crippen molar-refractivity contribution in [3.05, 3.63) is 12.2 Å². The van der Waals surface area contributed by atoms with Crippen molar-refractivity contribution in [2.75, 3.05) is 6.54 Å². The third-order valence-corrected chi connectivity index (χ3v) is 4.43. The third kappa shape index (κ3) is 2.74. The molecule has 0 saturated heterocycles. The van der Waals surface area contributed by atoms with Crippen molar-refractivity contribution in [2.45, 2.75) is 39.0 Å². The molecule has 0 spiro atoms. The second-order valence-electron chi connectivity index (χ2n) is 5.57. The van der Waals surface area contributed by atoms with Gasteiger partial charge in [-0.05, 0) is 37.5 Å². The lowest BCUT2D eigenvalue weighted by molar-refractivity contribution is -0.147. The summed E-state index contributed by atoms with van der Waals surface area (Å²) in [4.78, 5) is 23.2. The zero-order valence-electron chi connectivity index (χ0n) is 10.8. The van der Waals surface area contributed by atoms with Gasteiger partial charge in [0, 0.05) is 6.54 Å². The van der Waals surface area contributed by atoms with Gasteiger partial charge < -0.3 is 10.4 Å². The Balaban J connectivity index is 1.91. The molecule has 2 N–H and O–H groups in total. The third-order valence-electron chi connectivity index (χ3n) is 4.43. The maximum atomic E-state index is 12.1. The lowest BCUT2D eigenvalue weighted by Gasteiger charge is -2.25. The molecular weight excluding hydrogens is 230 g/mol. The van der Waals surface area contributed by atoms with Crippen LogP contribution in [0.15, 0.2) is 12.2 Å². The molecule has 2 aliphatic carbocycles. The molecule has 2 atom stereocenters. The van der Waals surface area contributed by atoms with Crippen LogP contribution < -0.4 is 5.32 Å². The lowest BCUT2D eigenvalue weighted by atomic mass is 9.82. The molecule has 0 aromatic rings. The molecule has 18 heavy (non-hydrogen) atoms. The molecule has 0 radical (unpaired) electrons. The number of nitrogens with one attached hydrogen (secondary N) is 1. The molecule has 0 heterocycles. The Morgan fingerprint density at radius 2 is 1.89 bits per heavy atom. The van der Waals surface area contributed by atoms with Crippen LogP contribution in [-0.4, -0.2) is 23.5 Å². The Morgan fingerprint density at radius 3 is 2.39 bits per heavy atom. The quantitative estimate of drug-likeness (QED) is 0.734. The fourth-order valence-corrected chi connectivity index (χ4v) is 2.61. The minimum absolute atomic E-state index is 0.0912. The van der Waals surface area contributed by atoms with Gasteiger partial charge in [0.2, 0.25) is 5.91 Å². The number of carboxylic acids is 1. The molecule has 0 aliphatic heterocycles. The largest absolute Gasteiger partial charge is 0.481 e. The summed E-state index contributed by atoms with van der Waals surface area (Å²) in [7, 11) is 0. The summed E-state index contributed by atoms with van der Waals surface area (Å²) < 4.78 is 0. The fourth-order valence-electron chi connectivity index (χ4n) is 2.61. The van der Waals surface area contributed by atoms with Gasteiger partial charge in [0.1, 0.15) is 0 Å². The van der Waals surface area contributed by atoms with E-state index in [1.54, 1.807) is 0 Å². The van der Waals surface area contributed by atoms with E-state index >= 15 is 0 Å². The first-order valence-electron chi connectivity index (χ1n) is 6.73. The van der Waals surface area contributed by atoms with Crippen LogP contribution in [0.5, 0.6) is 0 Å². The minimum Gasteiger partial charge on any atom is -0.481 e. The van der Waals surface area contributed by atoms with Crippen molar-refractivity contribution in [3.8, 4) is 0 Å². The zero-order valence-corrected chi connectivity index (χ0v) is 10.8. The molecule has 1 amide bonds. The van der Waals surface area contributed by atoms with E-state index in [9.17, 15) is 9.59 Å². The number of rotatable bonds is 5. The van der Waals surface area contributed by atoms with Crippen molar-refractivity contribution in [1.82, 2.24) is 5.32 Å². The Hall–Kier alpha value is -1.32. The average Bonchev–Trinajstić information content (AvgIpc) is 3.16. The standard InChI is InChI=1S/C14H21NO3/c1-2-14(7-8-14)9-15-12(16)10-5-3-4-6-11(10)13(17)18/h3-4,10-11H,2,5-9H2,1H3,(H,15,16)(H,17,18). The van der Waals surface area contributed by atoms with E-state index in [0.29, 0.717) is 24.8 Å². The van der Waals surface area contributed by atoms with Gasteiger partial charge in [-0.3, -0.25) is 9.59 Å². The molecule has 2 unspecified atom stereocenters. The van der Waals surface area contributed by atoms with E-state index in [4.69, 9.17) is 5.11 Å². The molecule has 4 nitrogen and oxygen atoms in total. The second-order valence-corrected chi connectivity index (χ2v) is 5.57. The van der Waals surface area contributed by atoms with Gasteiger partial charge in [-0.2, -0.15) is 0 Å². The van der Waals surface area contributed by atoms with E-state index in [-0.39, 0.29) is 5.91 Å². The van der Waals surface area contributed by atoms with Crippen molar-refractivity contribution in [2.24, 2.45) is 17.3 Å². The monoisotopic (exact) mass is 251 g/mol. The van der Waals surface area contributed by atoms with E-state index in [1.165, 1.54) is 12.8 Å². The number of carbonyl (C=O) groups excluding carboxylic acids is 1. The van der Waals surface area contributed by atoms with Crippen molar-refractivity contribution < 1.29 is 14.7 Å². The number of aliphatic carboxylic acids is 1. The SMILES string of the molecule is CCC1(CNC(=O)C2CC=CCC2C(=O)O)CC1. The molecule has 1 saturated carbocycles. The second kappa shape index (κ2) is 5.12. The van der Waals surface area contributed by atoms with Crippen LogP contribution in [0.2, 0.25) is 0 Å². The van der Waals surface area contributed by atoms with E-state index in [2.05, 4.69) is 12.2 Å². The van der Waals surface area contributed by atoms with Gasteiger partial charge in [-0.15, -0.1) is 0 Å². The number of carbonyl (C=O) groups is 2. The van der Waals surface area contributed by atoms with Crippen LogP contribution in [0.1, 0.15) is 39.0 Å². The summed E-state index contributed by atoms with van der Waals surface area (Å²) in [5.41, 5.74) is 0.304. The van der Waals surface area contributed by atoms with Crippen LogP contribution in [-0.2, 0) is 9.59 Å². The van der Waals surface area contributed by atoms with Crippen LogP contribution in [0, 0.1) is 17.3 Å². The highest BCUT2D eigenvalue weighted by atomic mass is 16.4. The van der Waals surface area contributed by atoms with Gasteiger partial charge in [-0.1, -0.05) is 19.1 Å². The van der Waals surface area contributed by atoms with Gasteiger partial charge in [0.25, 0.3) is 0 Å². The summed E-state index contributed by atoms with van der Waals surface area (Å²) in [6, 6.07) is 0. The summed E-state index contributed by atoms with van der Waals surface area (Å²) in [5, 5.41) is 12.1. The number of allylic oxidation sites excluding steroid dienone is 2. The number of amides is 1. The average molecular weight is 251 g/mol. The van der Waals surface area contributed by atoms with Gasteiger partial charge in [-0.25, -0.2) is 0 Å². The summed E-state index contributed by atoms with van der Waals surface area (Å²) in [6.07, 6.45) is 8.22. The highest BCUT2D eigenvalue weighted by Crippen LogP contribution is 2.47. The molecule has 4 heteroatoms.